The highest BCUT2D eigenvalue weighted by atomic mass is 35.5. The van der Waals surface area contributed by atoms with Crippen molar-refractivity contribution in [2.24, 2.45) is 0 Å². The Balaban J connectivity index is 1.54. The van der Waals surface area contributed by atoms with Crippen LogP contribution >= 0.6 is 35.1 Å². The summed E-state index contributed by atoms with van der Waals surface area (Å²) >= 11 is 10.4. The number of thioether (sulfide) groups is 2. The first-order valence-corrected chi connectivity index (χ1v) is 13.7. The molecule has 0 saturated heterocycles. The van der Waals surface area contributed by atoms with Crippen LogP contribution in [0.4, 0.5) is 5.69 Å². The van der Waals surface area contributed by atoms with Crippen molar-refractivity contribution in [2.75, 3.05) is 4.90 Å². The number of fused-ring (bicyclic) bond motifs is 1. The Morgan fingerprint density at radius 3 is 2.56 bits per heavy atom. The first-order valence-electron chi connectivity index (χ1n) is 11.7. The third kappa shape index (κ3) is 5.76. The number of benzene rings is 2. The number of hydrogen-bond donors (Lipinski definition) is 0. The van der Waals surface area contributed by atoms with E-state index in [-0.39, 0.29) is 5.54 Å². The van der Waals surface area contributed by atoms with E-state index in [1.165, 1.54) is 37.2 Å². The number of aryl methyl sites for hydroxylation is 1. The molecule has 2 aliphatic rings. The van der Waals surface area contributed by atoms with Crippen LogP contribution < -0.4 is 4.90 Å². The molecular formula is C30H32ClNS2. The predicted octanol–water partition coefficient (Wildman–Crippen LogP) is 10.0. The molecule has 1 heterocycles. The zero-order valence-electron chi connectivity index (χ0n) is 20.4. The SMILES string of the molecule is C=C(/C=C/C1=C(Cl)C(=C/C=C2\Sc3ccccc3N2C(C)(C)C)/CCC1)Sc1ccccc1C. The molecule has 1 aliphatic heterocycles. The van der Waals surface area contributed by atoms with Crippen LogP contribution in [0.5, 0.6) is 0 Å². The van der Waals surface area contributed by atoms with Gasteiger partial charge in [0, 0.05) is 25.3 Å². The lowest BCUT2D eigenvalue weighted by atomic mass is 9.94. The van der Waals surface area contributed by atoms with Gasteiger partial charge in [0.05, 0.1) is 10.7 Å². The molecule has 34 heavy (non-hydrogen) atoms. The topological polar surface area (TPSA) is 3.24 Å². The van der Waals surface area contributed by atoms with Crippen LogP contribution in [0.2, 0.25) is 0 Å². The third-order valence-corrected chi connectivity index (χ3v) is 8.55. The molecule has 0 bridgehead atoms. The van der Waals surface area contributed by atoms with Gasteiger partial charge in [-0.3, -0.25) is 0 Å². The Bertz CT molecular complexity index is 1210. The summed E-state index contributed by atoms with van der Waals surface area (Å²) in [5, 5.41) is 2.13. The minimum absolute atomic E-state index is 0.000817. The lowest BCUT2D eigenvalue weighted by molar-refractivity contribution is 0.552. The standard InChI is InChI=1S/C30H32ClNS2/c1-21-11-6-8-15-26(21)33-22(2)17-18-23-12-10-13-24(29(23)31)19-20-28-32(30(3,4)5)25-14-7-9-16-27(25)34-28/h6-9,11,14-20H,2,10,12-13H2,1,3-5H3/b18-17+,24-19+,28-20-. The molecule has 0 amide bonds. The van der Waals surface area contributed by atoms with E-state index >= 15 is 0 Å². The third-order valence-electron chi connectivity index (χ3n) is 5.90. The van der Waals surface area contributed by atoms with Crippen molar-refractivity contribution in [2.45, 2.75) is 62.3 Å². The molecule has 0 spiro atoms. The fourth-order valence-corrected chi connectivity index (χ4v) is 6.57. The zero-order chi connectivity index (χ0) is 24.3. The molecule has 0 saturated carbocycles. The summed E-state index contributed by atoms with van der Waals surface area (Å²) in [4.78, 5) is 6.00. The molecule has 4 rings (SSSR count). The molecular weight excluding hydrogens is 474 g/mol. The van der Waals surface area contributed by atoms with Crippen molar-refractivity contribution >= 4 is 40.8 Å². The van der Waals surface area contributed by atoms with E-state index in [4.69, 9.17) is 11.6 Å². The number of nitrogens with zero attached hydrogens (tertiary/aromatic N) is 1. The van der Waals surface area contributed by atoms with Crippen LogP contribution in [0.1, 0.15) is 45.6 Å². The predicted molar refractivity (Wildman–Crippen MR) is 153 cm³/mol. The summed E-state index contributed by atoms with van der Waals surface area (Å²) in [5.74, 6) is 0. The van der Waals surface area contributed by atoms with E-state index in [9.17, 15) is 0 Å². The first-order chi connectivity index (χ1) is 16.2. The van der Waals surface area contributed by atoms with Crippen LogP contribution in [0.25, 0.3) is 0 Å². The van der Waals surface area contributed by atoms with Crippen LogP contribution in [0.15, 0.2) is 115 Å². The molecule has 1 aliphatic carbocycles. The molecule has 4 heteroatoms. The largest absolute Gasteiger partial charge is 0.330 e. The van der Waals surface area contributed by atoms with Gasteiger partial charge >= 0.3 is 0 Å². The van der Waals surface area contributed by atoms with Gasteiger partial charge in [0.15, 0.2) is 0 Å². The Morgan fingerprint density at radius 2 is 1.79 bits per heavy atom. The summed E-state index contributed by atoms with van der Waals surface area (Å²) in [7, 11) is 0. The lowest BCUT2D eigenvalue weighted by Crippen LogP contribution is -2.38. The maximum atomic E-state index is 6.89. The van der Waals surface area contributed by atoms with Gasteiger partial charge in [0.1, 0.15) is 0 Å². The lowest BCUT2D eigenvalue weighted by Gasteiger charge is -2.34. The number of allylic oxidation sites excluding steroid dienone is 7. The van der Waals surface area contributed by atoms with Gasteiger partial charge in [-0.15, -0.1) is 0 Å². The number of para-hydroxylation sites is 1. The van der Waals surface area contributed by atoms with Crippen LogP contribution in [-0.2, 0) is 0 Å². The summed E-state index contributed by atoms with van der Waals surface area (Å²) in [6, 6.07) is 17.0. The minimum Gasteiger partial charge on any atom is -0.330 e. The van der Waals surface area contributed by atoms with Gasteiger partial charge in [0.2, 0.25) is 0 Å². The zero-order valence-corrected chi connectivity index (χ0v) is 22.8. The van der Waals surface area contributed by atoms with Gasteiger partial charge in [-0.2, -0.15) is 0 Å². The van der Waals surface area contributed by atoms with Crippen LogP contribution in [0.3, 0.4) is 0 Å². The molecule has 2 aromatic carbocycles. The smallest absolute Gasteiger partial charge is 0.0806 e. The second-order valence-corrected chi connectivity index (χ2v) is 12.2. The quantitative estimate of drug-likeness (QED) is 0.294. The maximum absolute atomic E-state index is 6.89. The normalized spacial score (nSPS) is 18.9. The molecule has 0 unspecified atom stereocenters. The molecule has 0 aromatic heterocycles. The average Bonchev–Trinajstić information content (AvgIpc) is 3.18. The van der Waals surface area contributed by atoms with Gasteiger partial charge in [0.25, 0.3) is 0 Å². The van der Waals surface area contributed by atoms with E-state index in [0.29, 0.717) is 0 Å². The molecule has 176 valence electrons. The van der Waals surface area contributed by atoms with Crippen molar-refractivity contribution in [3.8, 4) is 0 Å². The molecule has 1 nitrogen and oxygen atoms in total. The van der Waals surface area contributed by atoms with E-state index < -0.39 is 0 Å². The van der Waals surface area contributed by atoms with E-state index in [1.54, 1.807) is 11.8 Å². The Hall–Kier alpha value is -2.07. The Morgan fingerprint density at radius 1 is 1.06 bits per heavy atom. The highest BCUT2D eigenvalue weighted by Gasteiger charge is 2.32. The van der Waals surface area contributed by atoms with Crippen molar-refractivity contribution in [3.05, 3.63) is 111 Å². The maximum Gasteiger partial charge on any atom is 0.0806 e. The second-order valence-electron chi connectivity index (χ2n) is 9.63. The Kier molecular flexibility index (Phi) is 7.87. The van der Waals surface area contributed by atoms with Crippen molar-refractivity contribution in [1.82, 2.24) is 0 Å². The molecule has 0 N–H and O–H groups in total. The van der Waals surface area contributed by atoms with Crippen molar-refractivity contribution in [1.29, 1.82) is 0 Å². The number of anilines is 1. The Labute approximate surface area is 218 Å². The summed E-state index contributed by atoms with van der Waals surface area (Å²) in [6.45, 7) is 13.1. The monoisotopic (exact) mass is 505 g/mol. The van der Waals surface area contributed by atoms with Crippen molar-refractivity contribution < 1.29 is 0 Å². The summed E-state index contributed by atoms with van der Waals surface area (Å²) < 4.78 is 0. The summed E-state index contributed by atoms with van der Waals surface area (Å²) in [6.07, 6.45) is 11.8. The van der Waals surface area contributed by atoms with E-state index in [1.807, 2.05) is 11.8 Å². The van der Waals surface area contributed by atoms with Crippen molar-refractivity contribution in [3.63, 3.8) is 0 Å². The van der Waals surface area contributed by atoms with Crippen LogP contribution in [-0.4, -0.2) is 5.54 Å². The van der Waals surface area contributed by atoms with E-state index in [2.05, 4.69) is 112 Å². The number of rotatable bonds is 5. The summed E-state index contributed by atoms with van der Waals surface area (Å²) in [5.41, 5.74) is 4.95. The van der Waals surface area contributed by atoms with Gasteiger partial charge in [-0.1, -0.05) is 84.2 Å². The highest BCUT2D eigenvalue weighted by molar-refractivity contribution is 8.03. The fourth-order valence-electron chi connectivity index (χ4n) is 4.23. The number of hydrogen-bond acceptors (Lipinski definition) is 3. The second kappa shape index (κ2) is 10.7. The number of halogens is 1. The van der Waals surface area contributed by atoms with Gasteiger partial charge in [-0.25, -0.2) is 0 Å². The first kappa shape index (κ1) is 25.0. The van der Waals surface area contributed by atoms with E-state index in [0.717, 1.165) is 29.2 Å². The minimum atomic E-state index is -0.000817. The fraction of sp³-hybridized carbons (Fsp3) is 0.267. The van der Waals surface area contributed by atoms with Gasteiger partial charge in [-0.05, 0) is 94.0 Å². The molecule has 0 atom stereocenters. The molecule has 0 radical (unpaired) electrons. The molecule has 0 fully saturated rings. The molecule has 2 aromatic rings. The highest BCUT2D eigenvalue weighted by Crippen LogP contribution is 2.49. The average molecular weight is 506 g/mol. The van der Waals surface area contributed by atoms with Gasteiger partial charge < -0.3 is 4.90 Å². The van der Waals surface area contributed by atoms with Crippen LogP contribution in [0, 0.1) is 6.92 Å².